The van der Waals surface area contributed by atoms with Crippen molar-refractivity contribution in [2.24, 2.45) is 0 Å². The summed E-state index contributed by atoms with van der Waals surface area (Å²) >= 11 is 0. The number of unbranched alkanes of at least 4 members (excludes halogenated alkanes) is 26. The maximum absolute atomic E-state index is 11.7. The molecule has 0 saturated heterocycles. The molecule has 242 valence electrons. The highest BCUT2D eigenvalue weighted by Gasteiger charge is 2.33. The Kier molecular flexibility index (Phi) is 28.9. The van der Waals surface area contributed by atoms with Crippen LogP contribution in [-0.4, -0.2) is 31.3 Å². The largest absolute Gasteiger partial charge is 0.748 e. The molecular weight excluding hydrogens is 514 g/mol. The smallest absolute Gasteiger partial charge is 0.109 e. The Labute approximate surface area is 252 Å². The number of hydrogen-bond acceptors (Lipinski definition) is 3. The maximum Gasteiger partial charge on any atom is 0.109 e. The van der Waals surface area contributed by atoms with Crippen molar-refractivity contribution < 1.29 is 18.3 Å². The highest BCUT2D eigenvalue weighted by molar-refractivity contribution is 7.85. The molecule has 0 spiro atoms. The third kappa shape index (κ3) is 28.0. The summed E-state index contributed by atoms with van der Waals surface area (Å²) in [7, 11) is -2.24. The van der Waals surface area contributed by atoms with Crippen LogP contribution in [0.4, 0.5) is 0 Å². The summed E-state index contributed by atoms with van der Waals surface area (Å²) in [6.45, 7) is 4.55. The Bertz CT molecular complexity index is 576. The molecule has 0 aliphatic heterocycles. The lowest BCUT2D eigenvalue weighted by Crippen LogP contribution is -2.95. The number of rotatable bonds is 33. The summed E-state index contributed by atoms with van der Waals surface area (Å²) in [4.78, 5) is 0. The first kappa shape index (κ1) is 39.9. The van der Waals surface area contributed by atoms with Crippen molar-refractivity contribution in [1.82, 2.24) is 0 Å². The van der Waals surface area contributed by atoms with Crippen LogP contribution in [0.2, 0.25) is 0 Å². The molecule has 0 radical (unpaired) electrons. The second kappa shape index (κ2) is 29.0. The molecule has 0 bridgehead atoms. The fourth-order valence-electron chi connectivity index (χ4n) is 6.34. The van der Waals surface area contributed by atoms with Gasteiger partial charge in [-0.2, -0.15) is 0 Å². The van der Waals surface area contributed by atoms with Crippen LogP contribution in [0.5, 0.6) is 0 Å². The lowest BCUT2D eigenvalue weighted by molar-refractivity contribution is -0.701. The van der Waals surface area contributed by atoms with Gasteiger partial charge < -0.3 is 9.87 Å². The van der Waals surface area contributed by atoms with Crippen molar-refractivity contribution in [2.45, 2.75) is 212 Å². The molecule has 0 aliphatic rings. The summed E-state index contributed by atoms with van der Waals surface area (Å²) in [5.74, 6) is -0.215. The predicted octanol–water partition coefficient (Wildman–Crippen LogP) is 10.2. The maximum atomic E-state index is 11.7. The average Bonchev–Trinajstić information content (AvgIpc) is 2.92. The summed E-state index contributed by atoms with van der Waals surface area (Å²) in [5.41, 5.74) is -0.422. The van der Waals surface area contributed by atoms with E-state index >= 15 is 0 Å². The van der Waals surface area contributed by atoms with Crippen LogP contribution >= 0.6 is 0 Å². The van der Waals surface area contributed by atoms with Crippen LogP contribution in [-0.2, 0) is 10.1 Å². The molecule has 5 heteroatoms. The first-order chi connectivity index (χ1) is 19.4. The van der Waals surface area contributed by atoms with Gasteiger partial charge in [0.25, 0.3) is 0 Å². The number of hydrogen-bond donors (Lipinski definition) is 1. The van der Waals surface area contributed by atoms with Gasteiger partial charge in [-0.1, -0.05) is 181 Å². The number of quaternary nitrogens is 1. The zero-order chi connectivity index (χ0) is 29.6. The summed E-state index contributed by atoms with van der Waals surface area (Å²) in [5, 5.41) is 2.05. The van der Waals surface area contributed by atoms with Crippen LogP contribution in [0.1, 0.15) is 206 Å². The quantitative estimate of drug-likeness (QED) is 0.0613. The fraction of sp³-hybridized carbons (Fsp3) is 1.00. The molecule has 0 saturated carbocycles. The van der Waals surface area contributed by atoms with Gasteiger partial charge >= 0.3 is 0 Å². The molecule has 40 heavy (non-hydrogen) atoms. The van der Waals surface area contributed by atoms with Crippen molar-refractivity contribution in [2.75, 3.05) is 12.8 Å². The van der Waals surface area contributed by atoms with Gasteiger partial charge in [0.1, 0.15) is 15.7 Å². The molecule has 0 aromatic heterocycles. The second-order valence-electron chi connectivity index (χ2n) is 13.0. The van der Waals surface area contributed by atoms with Crippen molar-refractivity contribution in [3.05, 3.63) is 0 Å². The second-order valence-corrected chi connectivity index (χ2v) is 14.4. The topological polar surface area (TPSA) is 73.8 Å². The summed E-state index contributed by atoms with van der Waals surface area (Å²) in [6.07, 6.45) is 38.8. The van der Waals surface area contributed by atoms with Crippen molar-refractivity contribution >= 4 is 10.1 Å². The van der Waals surface area contributed by atoms with Gasteiger partial charge in [-0.15, -0.1) is 0 Å². The van der Waals surface area contributed by atoms with Gasteiger partial charge in [0, 0.05) is 12.8 Å². The minimum absolute atomic E-state index is 0.215. The Hall–Kier alpha value is -0.130. The van der Waals surface area contributed by atoms with Crippen molar-refractivity contribution in [1.29, 1.82) is 0 Å². The van der Waals surface area contributed by atoms with E-state index in [1.165, 1.54) is 154 Å². The first-order valence-corrected chi connectivity index (χ1v) is 19.7. The summed E-state index contributed by atoms with van der Waals surface area (Å²) < 4.78 is 35.2. The van der Waals surface area contributed by atoms with Gasteiger partial charge in [-0.25, -0.2) is 8.42 Å². The summed E-state index contributed by atoms with van der Waals surface area (Å²) in [6, 6.07) is 0. The van der Waals surface area contributed by atoms with E-state index in [4.69, 9.17) is 0 Å². The monoisotopic (exact) mass is 588 g/mol. The van der Waals surface area contributed by atoms with E-state index in [-0.39, 0.29) is 5.75 Å². The lowest BCUT2D eigenvalue weighted by atomic mass is 9.88. The molecule has 0 rings (SSSR count). The Balaban J connectivity index is 3.92. The van der Waals surface area contributed by atoms with Crippen LogP contribution in [0.15, 0.2) is 0 Å². The van der Waals surface area contributed by atoms with Crippen LogP contribution < -0.4 is 5.32 Å². The highest BCUT2D eigenvalue weighted by Crippen LogP contribution is 2.23. The normalized spacial score (nSPS) is 12.4. The van der Waals surface area contributed by atoms with Crippen LogP contribution in [0, 0.1) is 0 Å². The molecule has 0 aliphatic carbocycles. The highest BCUT2D eigenvalue weighted by atomic mass is 32.2. The minimum atomic E-state index is -4.21. The Morgan fingerprint density at radius 3 is 0.875 bits per heavy atom. The molecule has 0 unspecified atom stereocenters. The Morgan fingerprint density at radius 2 is 0.675 bits per heavy atom. The van der Waals surface area contributed by atoms with Crippen LogP contribution in [0.3, 0.4) is 0 Å². The SMILES string of the molecule is CCCCCCCCCCCCCCCCC(CCCCCCCCCCCCCCCC)(CS(=O)(=O)[O-])[NH2+]C. The van der Waals surface area contributed by atoms with Gasteiger partial charge in [0.2, 0.25) is 0 Å². The predicted molar refractivity (Wildman–Crippen MR) is 175 cm³/mol. The van der Waals surface area contributed by atoms with Gasteiger partial charge in [-0.3, -0.25) is 0 Å². The van der Waals surface area contributed by atoms with Gasteiger partial charge in [0.15, 0.2) is 0 Å². The van der Waals surface area contributed by atoms with E-state index < -0.39 is 15.7 Å². The molecule has 0 aromatic rings. The van der Waals surface area contributed by atoms with E-state index in [0.29, 0.717) is 0 Å². The molecule has 0 aromatic carbocycles. The molecule has 0 heterocycles. The third-order valence-electron chi connectivity index (χ3n) is 9.13. The van der Waals surface area contributed by atoms with E-state index in [9.17, 15) is 13.0 Å². The zero-order valence-corrected chi connectivity index (χ0v) is 28.4. The molecular formula is C35H73NO3S. The Morgan fingerprint density at radius 1 is 0.450 bits per heavy atom. The van der Waals surface area contributed by atoms with Crippen LogP contribution in [0.25, 0.3) is 0 Å². The third-order valence-corrected chi connectivity index (χ3v) is 10.1. The molecule has 0 amide bonds. The van der Waals surface area contributed by atoms with Crippen molar-refractivity contribution in [3.8, 4) is 0 Å². The molecule has 0 atom stereocenters. The van der Waals surface area contributed by atoms with E-state index in [2.05, 4.69) is 13.8 Å². The van der Waals surface area contributed by atoms with E-state index in [1.54, 1.807) is 0 Å². The van der Waals surface area contributed by atoms with Crippen molar-refractivity contribution in [3.63, 3.8) is 0 Å². The van der Waals surface area contributed by atoms with Gasteiger partial charge in [-0.05, 0) is 12.8 Å². The first-order valence-electron chi connectivity index (χ1n) is 18.1. The number of nitrogens with two attached hydrogens (primary N) is 1. The molecule has 4 nitrogen and oxygen atoms in total. The molecule has 2 N–H and O–H groups in total. The minimum Gasteiger partial charge on any atom is -0.748 e. The fourth-order valence-corrected chi connectivity index (χ4v) is 7.50. The van der Waals surface area contributed by atoms with E-state index in [1.807, 2.05) is 12.4 Å². The standard InChI is InChI=1S/C35H73NO3S/c1-4-6-8-10-12-14-16-18-20-22-24-26-28-30-32-35(36-3,34-40(37,38)39)33-31-29-27-25-23-21-19-17-15-13-11-9-7-5-2/h36H,4-34H2,1-3H3,(H,37,38,39). The lowest BCUT2D eigenvalue weighted by Gasteiger charge is -2.31. The van der Waals surface area contributed by atoms with Gasteiger partial charge in [0.05, 0.1) is 12.8 Å². The van der Waals surface area contributed by atoms with E-state index in [0.717, 1.165) is 38.5 Å². The molecule has 0 fully saturated rings. The zero-order valence-electron chi connectivity index (χ0n) is 27.6. The average molecular weight is 588 g/mol.